The molecule has 0 aromatic heterocycles. The number of nitrogens with zero attached hydrogens (tertiary/aromatic N) is 1. The molecule has 0 spiro atoms. The van der Waals surface area contributed by atoms with Crippen LogP contribution in [0.3, 0.4) is 0 Å². The van der Waals surface area contributed by atoms with Crippen LogP contribution in [-0.4, -0.2) is 42.7 Å². The van der Waals surface area contributed by atoms with Gasteiger partial charge in [0.05, 0.1) is 12.6 Å². The molecule has 3 heteroatoms. The second kappa shape index (κ2) is 6.41. The topological polar surface area (TPSA) is 24.5 Å². The summed E-state index contributed by atoms with van der Waals surface area (Å²) in [4.78, 5) is 2.49. The van der Waals surface area contributed by atoms with Crippen LogP contribution in [0.5, 0.6) is 0 Å². The lowest BCUT2D eigenvalue weighted by molar-refractivity contribution is 0.0769. The SMILES string of the molecule is CCNC(C1=CCCO1)C(C)(C)N(CC)CC. The number of nitrogens with one attached hydrogen (secondary N) is 1. The number of likely N-dealkylation sites (N-methyl/N-ethyl adjacent to an activating group) is 2. The van der Waals surface area contributed by atoms with Gasteiger partial charge in [0.15, 0.2) is 0 Å². The zero-order chi connectivity index (χ0) is 12.9. The first-order valence-corrected chi connectivity index (χ1v) is 6.89. The zero-order valence-electron chi connectivity index (χ0n) is 12.0. The molecule has 1 unspecified atom stereocenters. The zero-order valence-corrected chi connectivity index (χ0v) is 12.0. The third-order valence-corrected chi connectivity index (χ3v) is 3.71. The summed E-state index contributed by atoms with van der Waals surface area (Å²) >= 11 is 0. The Morgan fingerprint density at radius 3 is 2.41 bits per heavy atom. The molecular weight excluding hydrogens is 212 g/mol. The maximum absolute atomic E-state index is 5.77. The Labute approximate surface area is 106 Å². The van der Waals surface area contributed by atoms with Gasteiger partial charge in [-0.05, 0) is 39.6 Å². The van der Waals surface area contributed by atoms with Crippen LogP contribution in [0.15, 0.2) is 11.8 Å². The highest BCUT2D eigenvalue weighted by molar-refractivity contribution is 5.15. The third kappa shape index (κ3) is 3.23. The van der Waals surface area contributed by atoms with Crippen LogP contribution in [0.1, 0.15) is 41.0 Å². The number of hydrogen-bond acceptors (Lipinski definition) is 3. The summed E-state index contributed by atoms with van der Waals surface area (Å²) < 4.78 is 5.77. The molecule has 0 amide bonds. The van der Waals surface area contributed by atoms with Gasteiger partial charge in [0.25, 0.3) is 0 Å². The van der Waals surface area contributed by atoms with E-state index in [1.807, 2.05) is 0 Å². The Kier molecular flexibility index (Phi) is 5.47. The number of ether oxygens (including phenoxy) is 1. The van der Waals surface area contributed by atoms with Crippen LogP contribution in [0.25, 0.3) is 0 Å². The molecule has 0 fully saturated rings. The molecule has 1 atom stereocenters. The van der Waals surface area contributed by atoms with Crippen molar-refractivity contribution in [3.05, 3.63) is 11.8 Å². The van der Waals surface area contributed by atoms with Gasteiger partial charge in [-0.3, -0.25) is 4.90 Å². The monoisotopic (exact) mass is 240 g/mol. The van der Waals surface area contributed by atoms with E-state index in [0.29, 0.717) is 0 Å². The average molecular weight is 240 g/mol. The normalized spacial score (nSPS) is 18.1. The van der Waals surface area contributed by atoms with Crippen molar-refractivity contribution in [2.45, 2.75) is 52.6 Å². The van der Waals surface area contributed by atoms with Crippen LogP contribution in [0.4, 0.5) is 0 Å². The maximum atomic E-state index is 5.77. The first kappa shape index (κ1) is 14.5. The lowest BCUT2D eigenvalue weighted by atomic mass is 9.90. The third-order valence-electron chi connectivity index (χ3n) is 3.71. The minimum atomic E-state index is 0.0791. The molecule has 0 bridgehead atoms. The number of hydrogen-bond donors (Lipinski definition) is 1. The average Bonchev–Trinajstić information content (AvgIpc) is 2.80. The molecule has 0 radical (unpaired) electrons. The van der Waals surface area contributed by atoms with Crippen molar-refractivity contribution in [3.8, 4) is 0 Å². The van der Waals surface area contributed by atoms with E-state index < -0.39 is 0 Å². The summed E-state index contributed by atoms with van der Waals surface area (Å²) in [7, 11) is 0. The molecule has 0 aromatic carbocycles. The van der Waals surface area contributed by atoms with E-state index in [1.54, 1.807) is 0 Å². The minimum Gasteiger partial charge on any atom is -0.496 e. The van der Waals surface area contributed by atoms with Gasteiger partial charge in [-0.15, -0.1) is 0 Å². The van der Waals surface area contributed by atoms with Gasteiger partial charge in [-0.1, -0.05) is 20.8 Å². The van der Waals surface area contributed by atoms with E-state index >= 15 is 0 Å². The van der Waals surface area contributed by atoms with E-state index in [2.05, 4.69) is 50.9 Å². The van der Waals surface area contributed by atoms with Crippen LogP contribution in [-0.2, 0) is 4.74 Å². The van der Waals surface area contributed by atoms with Gasteiger partial charge < -0.3 is 10.1 Å². The van der Waals surface area contributed by atoms with E-state index in [9.17, 15) is 0 Å². The van der Waals surface area contributed by atoms with Gasteiger partial charge >= 0.3 is 0 Å². The molecule has 1 rings (SSSR count). The first-order valence-electron chi connectivity index (χ1n) is 6.89. The maximum Gasteiger partial charge on any atom is 0.111 e. The summed E-state index contributed by atoms with van der Waals surface area (Å²) in [6.45, 7) is 15.1. The van der Waals surface area contributed by atoms with Crippen molar-refractivity contribution < 1.29 is 4.74 Å². The summed E-state index contributed by atoms with van der Waals surface area (Å²) in [6.07, 6.45) is 3.28. The molecular formula is C14H28N2O. The fourth-order valence-electron chi connectivity index (χ4n) is 2.76. The van der Waals surface area contributed by atoms with Gasteiger partial charge in [0.1, 0.15) is 5.76 Å². The highest BCUT2D eigenvalue weighted by Gasteiger charge is 2.37. The van der Waals surface area contributed by atoms with Crippen molar-refractivity contribution in [1.82, 2.24) is 10.2 Å². The van der Waals surface area contributed by atoms with Crippen LogP contribution < -0.4 is 5.32 Å². The van der Waals surface area contributed by atoms with Crippen molar-refractivity contribution >= 4 is 0 Å². The van der Waals surface area contributed by atoms with E-state index in [1.165, 1.54) is 0 Å². The molecule has 3 nitrogen and oxygen atoms in total. The van der Waals surface area contributed by atoms with Gasteiger partial charge in [0, 0.05) is 12.0 Å². The Bertz CT molecular complexity index is 257. The molecule has 1 aliphatic rings. The molecule has 1 N–H and O–H groups in total. The van der Waals surface area contributed by atoms with Crippen molar-refractivity contribution in [1.29, 1.82) is 0 Å². The van der Waals surface area contributed by atoms with Crippen molar-refractivity contribution in [3.63, 3.8) is 0 Å². The Morgan fingerprint density at radius 2 is 2.00 bits per heavy atom. The molecule has 1 aliphatic heterocycles. The molecule has 100 valence electrons. The van der Waals surface area contributed by atoms with Gasteiger partial charge in [-0.2, -0.15) is 0 Å². The first-order chi connectivity index (χ1) is 8.07. The molecule has 17 heavy (non-hydrogen) atoms. The molecule has 0 aromatic rings. The largest absolute Gasteiger partial charge is 0.496 e. The van der Waals surface area contributed by atoms with Crippen molar-refractivity contribution in [2.75, 3.05) is 26.2 Å². The highest BCUT2D eigenvalue weighted by atomic mass is 16.5. The molecule has 0 saturated carbocycles. The quantitative estimate of drug-likeness (QED) is 0.739. The van der Waals surface area contributed by atoms with E-state index in [-0.39, 0.29) is 11.6 Å². The Balaban J connectivity index is 2.87. The highest BCUT2D eigenvalue weighted by Crippen LogP contribution is 2.27. The Hall–Kier alpha value is -0.540. The smallest absolute Gasteiger partial charge is 0.111 e. The van der Waals surface area contributed by atoms with Crippen LogP contribution in [0, 0.1) is 0 Å². The minimum absolute atomic E-state index is 0.0791. The molecule has 0 aliphatic carbocycles. The fraction of sp³-hybridized carbons (Fsp3) is 0.857. The van der Waals surface area contributed by atoms with E-state index in [4.69, 9.17) is 4.74 Å². The predicted molar refractivity (Wildman–Crippen MR) is 73.1 cm³/mol. The second-order valence-corrected chi connectivity index (χ2v) is 5.06. The lowest BCUT2D eigenvalue weighted by Gasteiger charge is -2.43. The fourth-order valence-corrected chi connectivity index (χ4v) is 2.76. The summed E-state index contributed by atoms with van der Waals surface area (Å²) in [5, 5.41) is 3.58. The van der Waals surface area contributed by atoms with Crippen LogP contribution in [0.2, 0.25) is 0 Å². The predicted octanol–water partition coefficient (Wildman–Crippen LogP) is 2.39. The van der Waals surface area contributed by atoms with Gasteiger partial charge in [0.2, 0.25) is 0 Å². The summed E-state index contributed by atoms with van der Waals surface area (Å²) in [5.74, 6) is 1.13. The Morgan fingerprint density at radius 1 is 1.35 bits per heavy atom. The second-order valence-electron chi connectivity index (χ2n) is 5.06. The molecule has 0 saturated heterocycles. The van der Waals surface area contributed by atoms with Gasteiger partial charge in [-0.25, -0.2) is 0 Å². The standard InChI is InChI=1S/C14H28N2O/c1-6-15-13(12-10-9-11-17-12)14(4,5)16(7-2)8-3/h10,13,15H,6-9,11H2,1-5H3. The summed E-state index contributed by atoms with van der Waals surface area (Å²) in [5.41, 5.74) is 0.0791. The molecule has 1 heterocycles. The summed E-state index contributed by atoms with van der Waals surface area (Å²) in [6, 6.07) is 0.287. The van der Waals surface area contributed by atoms with Crippen molar-refractivity contribution in [2.24, 2.45) is 0 Å². The number of rotatable bonds is 7. The lowest BCUT2D eigenvalue weighted by Crippen LogP contribution is -2.58. The van der Waals surface area contributed by atoms with Crippen LogP contribution >= 0.6 is 0 Å². The van der Waals surface area contributed by atoms with E-state index in [0.717, 1.165) is 38.4 Å².